The molecule has 3 atom stereocenters. The zero-order valence-electron chi connectivity index (χ0n) is 19.4. The van der Waals surface area contributed by atoms with E-state index >= 15 is 0 Å². The van der Waals surface area contributed by atoms with Crippen LogP contribution in [0.5, 0.6) is 0 Å². The first-order chi connectivity index (χ1) is 13.8. The Hall–Kier alpha value is -1.64. The van der Waals surface area contributed by atoms with Gasteiger partial charge in [-0.3, -0.25) is 4.90 Å². The van der Waals surface area contributed by atoms with E-state index in [1.807, 2.05) is 6.92 Å². The number of urea groups is 1. The van der Waals surface area contributed by atoms with E-state index in [0.717, 1.165) is 18.7 Å². The minimum atomic E-state index is -3.46. The molecular formula is C22H38N4O3S. The average molecular weight is 439 g/mol. The quantitative estimate of drug-likeness (QED) is 0.686. The molecule has 1 fully saturated rings. The zero-order valence-corrected chi connectivity index (χ0v) is 20.2. The maximum Gasteiger partial charge on any atom is 0.315 e. The molecule has 30 heavy (non-hydrogen) atoms. The van der Waals surface area contributed by atoms with E-state index < -0.39 is 10.0 Å². The molecule has 1 aliphatic heterocycles. The average Bonchev–Trinajstić information content (AvgIpc) is 2.65. The largest absolute Gasteiger partial charge is 0.336 e. The van der Waals surface area contributed by atoms with E-state index in [0.29, 0.717) is 18.4 Å². The Bertz CT molecular complexity index is 811. The molecule has 2 N–H and O–H groups in total. The second-order valence-corrected chi connectivity index (χ2v) is 11.7. The molecule has 0 aromatic heterocycles. The normalized spacial score (nSPS) is 22.0. The Morgan fingerprint density at radius 3 is 2.20 bits per heavy atom. The van der Waals surface area contributed by atoms with Crippen LogP contribution in [0.25, 0.3) is 0 Å². The molecule has 0 aliphatic carbocycles. The van der Waals surface area contributed by atoms with Gasteiger partial charge in [0.25, 0.3) is 0 Å². The van der Waals surface area contributed by atoms with Crippen molar-refractivity contribution in [1.82, 2.24) is 19.8 Å². The fraction of sp³-hybridized carbons (Fsp3) is 0.682. The van der Waals surface area contributed by atoms with Gasteiger partial charge in [0.2, 0.25) is 10.0 Å². The van der Waals surface area contributed by atoms with Gasteiger partial charge in [0, 0.05) is 39.3 Å². The number of benzene rings is 1. The van der Waals surface area contributed by atoms with E-state index in [1.54, 1.807) is 24.3 Å². The summed E-state index contributed by atoms with van der Waals surface area (Å²) in [5.74, 6) is 1.34. The molecule has 1 heterocycles. The smallest absolute Gasteiger partial charge is 0.315 e. The van der Waals surface area contributed by atoms with Gasteiger partial charge < -0.3 is 10.6 Å². The summed E-state index contributed by atoms with van der Waals surface area (Å²) in [7, 11) is -0.448. The number of piperidine rings is 1. The van der Waals surface area contributed by atoms with Crippen LogP contribution in [0.1, 0.15) is 52.6 Å². The number of nitrogens with zero attached hydrogens (tertiary/aromatic N) is 2. The lowest BCUT2D eigenvalue weighted by Crippen LogP contribution is -2.57. The van der Waals surface area contributed by atoms with Crippen molar-refractivity contribution in [2.45, 2.75) is 57.5 Å². The molecule has 0 spiro atoms. The van der Waals surface area contributed by atoms with E-state index in [9.17, 15) is 13.2 Å². The number of hydrogen-bond acceptors (Lipinski definition) is 4. The first-order valence-electron chi connectivity index (χ1n) is 10.6. The van der Waals surface area contributed by atoms with Crippen LogP contribution in [0.3, 0.4) is 0 Å². The van der Waals surface area contributed by atoms with Crippen LogP contribution in [0, 0.1) is 11.8 Å². The van der Waals surface area contributed by atoms with Gasteiger partial charge in [0.15, 0.2) is 0 Å². The first kappa shape index (κ1) is 24.6. The molecule has 0 bridgehead atoms. The van der Waals surface area contributed by atoms with Gasteiger partial charge in [-0.1, -0.05) is 26.0 Å². The Labute approximate surface area is 182 Å². The lowest BCUT2D eigenvalue weighted by Gasteiger charge is -2.45. The summed E-state index contributed by atoms with van der Waals surface area (Å²) < 4.78 is 25.5. The molecular weight excluding hydrogens is 400 g/mol. The van der Waals surface area contributed by atoms with Crippen molar-refractivity contribution in [2.75, 3.05) is 33.7 Å². The fourth-order valence-corrected chi connectivity index (χ4v) is 4.94. The van der Waals surface area contributed by atoms with Crippen molar-refractivity contribution < 1.29 is 13.2 Å². The first-order valence-corrected chi connectivity index (χ1v) is 12.1. The topological polar surface area (TPSA) is 81.8 Å². The third-order valence-electron chi connectivity index (χ3n) is 5.91. The predicted molar refractivity (Wildman–Crippen MR) is 121 cm³/mol. The molecule has 170 valence electrons. The van der Waals surface area contributed by atoms with Gasteiger partial charge in [-0.25, -0.2) is 17.5 Å². The number of sulfonamides is 1. The summed E-state index contributed by atoms with van der Waals surface area (Å²) in [6.45, 7) is 13.5. The molecule has 7 nitrogen and oxygen atoms in total. The van der Waals surface area contributed by atoms with Gasteiger partial charge in [-0.2, -0.15) is 0 Å². The van der Waals surface area contributed by atoms with Crippen molar-refractivity contribution in [3.05, 3.63) is 29.8 Å². The van der Waals surface area contributed by atoms with Crippen LogP contribution >= 0.6 is 0 Å². The highest BCUT2D eigenvalue weighted by Crippen LogP contribution is 2.27. The molecule has 8 heteroatoms. The third-order valence-corrected chi connectivity index (χ3v) is 7.74. The highest BCUT2D eigenvalue weighted by molar-refractivity contribution is 7.89. The summed E-state index contributed by atoms with van der Waals surface area (Å²) in [6, 6.07) is 6.16. The van der Waals surface area contributed by atoms with Crippen LogP contribution in [0.4, 0.5) is 4.79 Å². The summed E-state index contributed by atoms with van der Waals surface area (Å²) in [5.41, 5.74) is 0.729. The number of nitrogens with one attached hydrogen (secondary N) is 2. The van der Waals surface area contributed by atoms with Crippen molar-refractivity contribution in [1.29, 1.82) is 0 Å². The molecule has 2 amide bonds. The minimum Gasteiger partial charge on any atom is -0.336 e. The SMILES string of the molecule is CC1CC(C)CN(C(C)(C)CNC(=O)NC(C)c2ccc(S(=O)(=O)N(C)C)cc2)C1. The second kappa shape index (κ2) is 9.66. The zero-order chi connectivity index (χ0) is 22.7. The van der Waals surface area contributed by atoms with E-state index in [4.69, 9.17) is 0 Å². The van der Waals surface area contributed by atoms with Crippen molar-refractivity contribution >= 4 is 16.1 Å². The van der Waals surface area contributed by atoms with Crippen molar-refractivity contribution in [3.63, 3.8) is 0 Å². The predicted octanol–water partition coefficient (Wildman–Crippen LogP) is 3.05. The maximum atomic E-state index is 12.5. The number of rotatable bonds is 7. The molecule has 2 rings (SSSR count). The van der Waals surface area contributed by atoms with Crippen LogP contribution in [0.15, 0.2) is 29.2 Å². The van der Waals surface area contributed by atoms with Crippen LogP contribution in [-0.4, -0.2) is 62.9 Å². The molecule has 0 saturated carbocycles. The van der Waals surface area contributed by atoms with Crippen LogP contribution < -0.4 is 10.6 Å². The second-order valence-electron chi connectivity index (χ2n) is 9.57. The maximum absolute atomic E-state index is 12.5. The van der Waals surface area contributed by atoms with Gasteiger partial charge >= 0.3 is 6.03 Å². The third kappa shape index (κ3) is 6.18. The Balaban J connectivity index is 1.91. The highest BCUT2D eigenvalue weighted by atomic mass is 32.2. The summed E-state index contributed by atoms with van der Waals surface area (Å²) in [4.78, 5) is 15.2. The minimum absolute atomic E-state index is 0.119. The Morgan fingerprint density at radius 1 is 1.17 bits per heavy atom. The number of hydrogen-bond donors (Lipinski definition) is 2. The number of carbonyl (C=O) groups is 1. The Kier molecular flexibility index (Phi) is 7.93. The monoisotopic (exact) mass is 438 g/mol. The van der Waals surface area contributed by atoms with Crippen LogP contribution in [0.2, 0.25) is 0 Å². The van der Waals surface area contributed by atoms with E-state index in [2.05, 4.69) is 43.2 Å². The molecule has 0 radical (unpaired) electrons. The van der Waals surface area contributed by atoms with Gasteiger partial charge in [0.1, 0.15) is 0 Å². The van der Waals surface area contributed by atoms with Gasteiger partial charge in [-0.05, 0) is 56.7 Å². The lowest BCUT2D eigenvalue weighted by molar-refractivity contribution is 0.0472. The number of carbonyl (C=O) groups excluding carboxylic acids is 1. The highest BCUT2D eigenvalue weighted by Gasteiger charge is 2.33. The number of likely N-dealkylation sites (tertiary alicyclic amines) is 1. The van der Waals surface area contributed by atoms with Crippen LogP contribution in [-0.2, 0) is 10.0 Å². The molecule has 1 aromatic rings. The Morgan fingerprint density at radius 2 is 1.70 bits per heavy atom. The van der Waals surface area contributed by atoms with E-state index in [1.165, 1.54) is 24.8 Å². The van der Waals surface area contributed by atoms with Crippen molar-refractivity contribution in [2.24, 2.45) is 11.8 Å². The van der Waals surface area contributed by atoms with Crippen molar-refractivity contribution in [3.8, 4) is 0 Å². The molecule has 1 aromatic carbocycles. The fourth-order valence-electron chi connectivity index (χ4n) is 4.04. The van der Waals surface area contributed by atoms with E-state index in [-0.39, 0.29) is 22.5 Å². The standard InChI is InChI=1S/C22H38N4O3S/c1-16-12-17(2)14-26(13-16)22(4,5)15-23-21(27)24-18(3)19-8-10-20(11-9-19)30(28,29)25(6)7/h8-11,16-18H,12-15H2,1-7H3,(H2,23,24,27). The lowest BCUT2D eigenvalue weighted by atomic mass is 9.88. The number of amides is 2. The summed E-state index contributed by atoms with van der Waals surface area (Å²) in [6.07, 6.45) is 1.26. The van der Waals surface area contributed by atoms with Gasteiger partial charge in [0.05, 0.1) is 10.9 Å². The molecule has 1 saturated heterocycles. The summed E-state index contributed by atoms with van der Waals surface area (Å²) in [5, 5.41) is 5.95. The molecule has 3 unspecified atom stereocenters. The summed E-state index contributed by atoms with van der Waals surface area (Å²) >= 11 is 0. The molecule has 1 aliphatic rings. The van der Waals surface area contributed by atoms with Gasteiger partial charge in [-0.15, -0.1) is 0 Å².